The maximum Gasteiger partial charge on any atom is 0.258 e. The van der Waals surface area contributed by atoms with Crippen LogP contribution in [0.1, 0.15) is 56.5 Å². The number of carbonyl (C=O) groups is 2. The predicted octanol–water partition coefficient (Wildman–Crippen LogP) is 7.53. The molecule has 0 unspecified atom stereocenters. The predicted molar refractivity (Wildman–Crippen MR) is 235 cm³/mol. The van der Waals surface area contributed by atoms with Gasteiger partial charge in [-0.05, 0) is 70.2 Å². The molecule has 0 radical (unpaired) electrons. The SMILES string of the molecule is COc1ccc(C2COCCOC2)c2sc(NC(=O)c3ccnc(N4CCCC4)c3)nc12.COc1ccc(C2COCCOC2)c2sc(NC(=O)c3ccncc3Br)nc12. The third kappa shape index (κ3) is 9.54. The number of hydrogen-bond acceptors (Lipinski definition) is 15. The van der Waals surface area contributed by atoms with Crippen molar-refractivity contribution in [2.24, 2.45) is 0 Å². The molecule has 0 spiro atoms. The molecule has 0 saturated carbocycles. The molecule has 60 heavy (non-hydrogen) atoms. The Hall–Kier alpha value is -4.82. The van der Waals surface area contributed by atoms with Crippen LogP contribution in [0, 0.1) is 0 Å². The molecule has 2 aromatic carbocycles. The van der Waals surface area contributed by atoms with E-state index in [1.165, 1.54) is 22.7 Å². The molecule has 7 heterocycles. The minimum atomic E-state index is -0.255. The van der Waals surface area contributed by atoms with Gasteiger partial charge in [-0.15, -0.1) is 0 Å². The number of nitrogens with one attached hydrogen (secondary N) is 2. The summed E-state index contributed by atoms with van der Waals surface area (Å²) in [6.07, 6.45) is 7.16. The fraction of sp³-hybridized carbons (Fsp3) is 0.381. The van der Waals surface area contributed by atoms with Gasteiger partial charge < -0.3 is 33.3 Å². The first-order valence-corrected chi connectivity index (χ1v) is 22.0. The van der Waals surface area contributed by atoms with E-state index in [9.17, 15) is 9.59 Å². The number of ether oxygens (including phenoxy) is 6. The Morgan fingerprint density at radius 2 is 1.27 bits per heavy atom. The Morgan fingerprint density at radius 1 is 0.733 bits per heavy atom. The normalized spacial score (nSPS) is 16.5. The lowest BCUT2D eigenvalue weighted by molar-refractivity contribution is 0.101. The van der Waals surface area contributed by atoms with Gasteiger partial charge in [0.15, 0.2) is 10.3 Å². The van der Waals surface area contributed by atoms with Crippen LogP contribution in [0.15, 0.2) is 65.5 Å². The molecule has 0 aliphatic carbocycles. The number of fused-ring (bicyclic) bond motifs is 2. The zero-order valence-corrected chi connectivity index (χ0v) is 36.3. The van der Waals surface area contributed by atoms with Gasteiger partial charge in [0.25, 0.3) is 11.8 Å². The Labute approximate surface area is 362 Å². The van der Waals surface area contributed by atoms with Crippen molar-refractivity contribution < 1.29 is 38.0 Å². The highest BCUT2D eigenvalue weighted by Gasteiger charge is 2.25. The van der Waals surface area contributed by atoms with Crippen LogP contribution in [0.2, 0.25) is 0 Å². The summed E-state index contributed by atoms with van der Waals surface area (Å²) in [5, 5.41) is 6.88. The fourth-order valence-corrected chi connectivity index (χ4v) is 9.82. The number of benzene rings is 2. The van der Waals surface area contributed by atoms with Crippen molar-refractivity contribution in [3.05, 3.63) is 87.8 Å². The Kier molecular flexibility index (Phi) is 13.8. The number of methoxy groups -OCH3 is 2. The van der Waals surface area contributed by atoms with E-state index < -0.39 is 0 Å². The quantitative estimate of drug-likeness (QED) is 0.146. The second-order valence-corrected chi connectivity index (χ2v) is 17.0. The van der Waals surface area contributed by atoms with Crippen molar-refractivity contribution in [1.29, 1.82) is 0 Å². The molecule has 6 aromatic rings. The summed E-state index contributed by atoms with van der Waals surface area (Å²) in [6.45, 7) is 6.72. The van der Waals surface area contributed by atoms with E-state index in [2.05, 4.69) is 51.4 Å². The molecule has 9 rings (SSSR count). The van der Waals surface area contributed by atoms with Crippen molar-refractivity contribution in [2.75, 3.05) is 95.7 Å². The van der Waals surface area contributed by atoms with Crippen LogP contribution in [-0.4, -0.2) is 112 Å². The monoisotopic (exact) mass is 917 g/mol. The summed E-state index contributed by atoms with van der Waals surface area (Å²) in [7, 11) is 3.23. The van der Waals surface area contributed by atoms with Gasteiger partial charge in [0.1, 0.15) is 28.4 Å². The van der Waals surface area contributed by atoms with Crippen molar-refractivity contribution in [3.63, 3.8) is 0 Å². The summed E-state index contributed by atoms with van der Waals surface area (Å²) in [5.41, 5.74) is 4.70. The smallest absolute Gasteiger partial charge is 0.258 e. The first-order valence-electron chi connectivity index (χ1n) is 19.6. The van der Waals surface area contributed by atoms with Crippen LogP contribution in [0.3, 0.4) is 0 Å². The molecule has 0 bridgehead atoms. The number of amides is 2. The summed E-state index contributed by atoms with van der Waals surface area (Å²) in [6, 6.07) is 13.1. The maximum atomic E-state index is 13.0. The molecule has 4 aromatic heterocycles. The summed E-state index contributed by atoms with van der Waals surface area (Å²) < 4.78 is 36.3. The standard InChI is InChI=1S/C23H26N4O4S.C19H18BrN3O4S/c1-29-18-5-4-17(16-13-30-10-11-31-14-16)21-20(18)25-23(32-21)26-22(28)15-6-7-24-19(12-15)27-8-2-3-9-27;1-25-15-3-2-12(11-9-26-6-7-27-10-11)17-16(15)22-19(28-17)23-18(24)13-4-5-21-8-14(13)20/h4-7,12,16H,2-3,8-11,13-14H2,1H3,(H,25,26,28);2-5,8,11H,6-7,9-10H2,1H3,(H,22,23,24). The largest absolute Gasteiger partial charge is 0.494 e. The number of nitrogens with zero attached hydrogens (tertiary/aromatic N) is 5. The van der Waals surface area contributed by atoms with Crippen molar-refractivity contribution in [3.8, 4) is 11.5 Å². The maximum absolute atomic E-state index is 13.0. The van der Waals surface area contributed by atoms with E-state index in [0.29, 0.717) is 90.2 Å². The zero-order chi connectivity index (χ0) is 41.4. The highest BCUT2D eigenvalue weighted by atomic mass is 79.9. The van der Waals surface area contributed by atoms with E-state index in [1.807, 2.05) is 30.3 Å². The summed E-state index contributed by atoms with van der Waals surface area (Å²) in [5.74, 6) is 1.94. The van der Waals surface area contributed by atoms with Crippen LogP contribution in [0.25, 0.3) is 20.4 Å². The number of anilines is 3. The molecule has 3 aliphatic rings. The zero-order valence-electron chi connectivity index (χ0n) is 33.1. The molecular weight excluding hydrogens is 875 g/mol. The average Bonchev–Trinajstić information content (AvgIpc) is 3.95. The Morgan fingerprint density at radius 3 is 1.78 bits per heavy atom. The number of hydrogen-bond donors (Lipinski definition) is 2. The summed E-state index contributed by atoms with van der Waals surface area (Å²) in [4.78, 5) is 45.5. The minimum Gasteiger partial charge on any atom is -0.494 e. The van der Waals surface area contributed by atoms with Crippen LogP contribution in [0.5, 0.6) is 11.5 Å². The topological polar surface area (TPSA) is 168 Å². The van der Waals surface area contributed by atoms with Gasteiger partial charge in [-0.2, -0.15) is 0 Å². The highest BCUT2D eigenvalue weighted by Crippen LogP contribution is 2.40. The van der Waals surface area contributed by atoms with Crippen molar-refractivity contribution >= 4 is 86.9 Å². The van der Waals surface area contributed by atoms with E-state index in [4.69, 9.17) is 28.4 Å². The number of carbonyl (C=O) groups excluding carboxylic acids is 2. The Bertz CT molecular complexity index is 2440. The van der Waals surface area contributed by atoms with Crippen LogP contribution in [0.4, 0.5) is 16.1 Å². The van der Waals surface area contributed by atoms with Gasteiger partial charge in [0.2, 0.25) is 0 Å². The molecule has 2 amide bonds. The first kappa shape index (κ1) is 41.9. The minimum absolute atomic E-state index is 0.106. The molecule has 2 N–H and O–H groups in total. The lowest BCUT2D eigenvalue weighted by Crippen LogP contribution is -2.20. The third-order valence-corrected chi connectivity index (χ3v) is 13.0. The number of thiazole rings is 2. The highest BCUT2D eigenvalue weighted by molar-refractivity contribution is 9.10. The summed E-state index contributed by atoms with van der Waals surface area (Å²) >= 11 is 6.21. The van der Waals surface area contributed by atoms with Gasteiger partial charge >= 0.3 is 0 Å². The molecule has 3 saturated heterocycles. The van der Waals surface area contributed by atoms with Gasteiger partial charge in [0.05, 0.1) is 82.0 Å². The van der Waals surface area contributed by atoms with Crippen LogP contribution < -0.4 is 25.0 Å². The van der Waals surface area contributed by atoms with E-state index in [-0.39, 0.29) is 23.7 Å². The van der Waals surface area contributed by atoms with E-state index in [1.54, 1.807) is 44.9 Å². The van der Waals surface area contributed by atoms with E-state index in [0.717, 1.165) is 63.3 Å². The molecule has 3 aliphatic heterocycles. The van der Waals surface area contributed by atoms with Crippen LogP contribution >= 0.6 is 38.6 Å². The number of pyridine rings is 2. The third-order valence-electron chi connectivity index (χ3n) is 10.3. The van der Waals surface area contributed by atoms with Crippen LogP contribution in [-0.2, 0) is 18.9 Å². The number of aromatic nitrogens is 4. The van der Waals surface area contributed by atoms with Gasteiger partial charge in [-0.1, -0.05) is 34.8 Å². The average molecular weight is 919 g/mol. The van der Waals surface area contributed by atoms with Gasteiger partial charge in [0, 0.05) is 53.6 Å². The van der Waals surface area contributed by atoms with Gasteiger partial charge in [-0.25, -0.2) is 15.0 Å². The first-order chi connectivity index (χ1) is 29.4. The molecular formula is C42H44BrN7O8S2. The van der Waals surface area contributed by atoms with Crippen molar-refractivity contribution in [1.82, 2.24) is 19.9 Å². The number of halogens is 1. The Balaban J connectivity index is 0.000000168. The fourth-order valence-electron chi connectivity index (χ4n) is 7.25. The number of rotatable bonds is 9. The molecule has 15 nitrogen and oxygen atoms in total. The molecule has 314 valence electrons. The molecule has 18 heteroatoms. The van der Waals surface area contributed by atoms with E-state index >= 15 is 0 Å². The molecule has 3 fully saturated rings. The molecule has 0 atom stereocenters. The lowest BCUT2D eigenvalue weighted by Gasteiger charge is -2.16. The second-order valence-electron chi connectivity index (χ2n) is 14.2. The second kappa shape index (κ2) is 19.7. The van der Waals surface area contributed by atoms with Crippen molar-refractivity contribution in [2.45, 2.75) is 24.7 Å². The van der Waals surface area contributed by atoms with Gasteiger partial charge in [-0.3, -0.25) is 25.2 Å². The lowest BCUT2D eigenvalue weighted by atomic mass is 10.0.